The summed E-state index contributed by atoms with van der Waals surface area (Å²) >= 11 is 0. The Hall–Kier alpha value is -3.74. The number of anilines is 1. The summed E-state index contributed by atoms with van der Waals surface area (Å²) in [6.07, 6.45) is 5.71. The van der Waals surface area contributed by atoms with Crippen LogP contribution in [0.3, 0.4) is 0 Å². The van der Waals surface area contributed by atoms with Gasteiger partial charge < -0.3 is 14.5 Å². The molecule has 1 aliphatic rings. The Bertz CT molecular complexity index is 1400. The Morgan fingerprint density at radius 1 is 0.906 bits per heavy atom. The van der Waals surface area contributed by atoms with Crippen LogP contribution in [0.5, 0.6) is 0 Å². The van der Waals surface area contributed by atoms with Gasteiger partial charge in [-0.15, -0.1) is 0 Å². The first-order valence-electron chi connectivity index (χ1n) is 11.0. The molecule has 1 fully saturated rings. The van der Waals surface area contributed by atoms with E-state index in [4.69, 9.17) is 9.97 Å². The lowest BCUT2D eigenvalue weighted by atomic mass is 10.0. The summed E-state index contributed by atoms with van der Waals surface area (Å²) in [5.74, 6) is 0. The topological polar surface area (TPSA) is 83.9 Å². The molecule has 0 radical (unpaired) electrons. The van der Waals surface area contributed by atoms with Crippen molar-refractivity contribution in [2.75, 3.05) is 18.0 Å². The minimum atomic E-state index is -0.119. The van der Waals surface area contributed by atoms with E-state index in [0.717, 1.165) is 37.1 Å². The molecule has 4 heterocycles. The summed E-state index contributed by atoms with van der Waals surface area (Å²) in [4.78, 5) is 40.6. The van der Waals surface area contributed by atoms with E-state index in [1.54, 1.807) is 29.1 Å². The van der Waals surface area contributed by atoms with Crippen molar-refractivity contribution in [2.24, 2.45) is 0 Å². The molecule has 0 saturated carbocycles. The van der Waals surface area contributed by atoms with Gasteiger partial charge in [0.1, 0.15) is 5.69 Å². The highest BCUT2D eigenvalue weighted by Gasteiger charge is 2.20. The smallest absolute Gasteiger partial charge is 0.250 e. The van der Waals surface area contributed by atoms with E-state index < -0.39 is 0 Å². The highest BCUT2D eigenvalue weighted by Crippen LogP contribution is 2.30. The predicted molar refractivity (Wildman–Crippen MR) is 127 cm³/mol. The van der Waals surface area contributed by atoms with Gasteiger partial charge in [-0.05, 0) is 32.8 Å². The first kappa shape index (κ1) is 20.2. The standard InChI is InChI=1S/C25H25N5O2/c1-16(2)30-15-18(10-11-20(30)31)22-21(17-8-4-3-5-9-17)28-25-23(27-22)24(32)19(14-26-25)29-12-6-7-13-29/h3-5,8-11,14-16H,6-7,12-13H2,1-2H3,(H,26,28,32). The number of aromatic nitrogens is 4. The molecule has 7 heteroatoms. The number of benzene rings is 1. The molecule has 1 aliphatic heterocycles. The molecule has 162 valence electrons. The highest BCUT2D eigenvalue weighted by atomic mass is 16.1. The number of pyridine rings is 2. The molecule has 32 heavy (non-hydrogen) atoms. The van der Waals surface area contributed by atoms with E-state index in [-0.39, 0.29) is 17.0 Å². The van der Waals surface area contributed by atoms with Crippen LogP contribution in [0, 0.1) is 0 Å². The van der Waals surface area contributed by atoms with Gasteiger partial charge in [-0.2, -0.15) is 0 Å². The van der Waals surface area contributed by atoms with E-state index in [0.29, 0.717) is 28.2 Å². The maximum absolute atomic E-state index is 13.4. The van der Waals surface area contributed by atoms with Crippen LogP contribution in [0.2, 0.25) is 0 Å². The Kier molecular flexibility index (Phi) is 5.09. The van der Waals surface area contributed by atoms with Crippen molar-refractivity contribution in [2.45, 2.75) is 32.7 Å². The molecule has 1 saturated heterocycles. The fourth-order valence-corrected chi connectivity index (χ4v) is 4.26. The molecule has 1 aromatic carbocycles. The van der Waals surface area contributed by atoms with E-state index in [9.17, 15) is 9.59 Å². The molecule has 4 aromatic rings. The predicted octanol–water partition coefficient (Wildman–Crippen LogP) is 3.99. The Morgan fingerprint density at radius 3 is 2.34 bits per heavy atom. The molecule has 0 bridgehead atoms. The number of H-pyrrole nitrogens is 1. The number of hydrogen-bond donors (Lipinski definition) is 1. The number of nitrogens with zero attached hydrogens (tertiary/aromatic N) is 4. The van der Waals surface area contributed by atoms with Crippen molar-refractivity contribution in [3.63, 3.8) is 0 Å². The van der Waals surface area contributed by atoms with E-state index in [1.165, 1.54) is 0 Å². The van der Waals surface area contributed by atoms with Crippen molar-refractivity contribution in [1.29, 1.82) is 0 Å². The Balaban J connectivity index is 1.78. The summed E-state index contributed by atoms with van der Waals surface area (Å²) in [5.41, 5.74) is 4.10. The summed E-state index contributed by atoms with van der Waals surface area (Å²) in [6.45, 7) is 5.66. The lowest BCUT2D eigenvalue weighted by molar-refractivity contribution is 0.579. The van der Waals surface area contributed by atoms with Crippen molar-refractivity contribution in [3.05, 3.63) is 75.4 Å². The first-order chi connectivity index (χ1) is 15.5. The zero-order valence-electron chi connectivity index (χ0n) is 18.2. The first-order valence-corrected chi connectivity index (χ1v) is 11.0. The van der Waals surface area contributed by atoms with Gasteiger partial charge in [0.15, 0.2) is 11.2 Å². The average molecular weight is 428 g/mol. The third kappa shape index (κ3) is 3.49. The molecular formula is C25H25N5O2. The normalized spacial score (nSPS) is 13.9. The summed E-state index contributed by atoms with van der Waals surface area (Å²) in [7, 11) is 0. The second-order valence-corrected chi connectivity index (χ2v) is 8.44. The van der Waals surface area contributed by atoms with Crippen LogP contribution in [0.25, 0.3) is 33.7 Å². The third-order valence-corrected chi connectivity index (χ3v) is 5.95. The number of fused-ring (bicyclic) bond motifs is 1. The summed E-state index contributed by atoms with van der Waals surface area (Å²) in [6, 6.07) is 13.1. The van der Waals surface area contributed by atoms with Crippen molar-refractivity contribution < 1.29 is 0 Å². The van der Waals surface area contributed by atoms with Gasteiger partial charge in [0.2, 0.25) is 5.43 Å². The van der Waals surface area contributed by atoms with E-state index >= 15 is 0 Å². The van der Waals surface area contributed by atoms with Crippen LogP contribution in [0.4, 0.5) is 5.69 Å². The van der Waals surface area contributed by atoms with Crippen LogP contribution in [-0.2, 0) is 0 Å². The molecule has 1 N–H and O–H groups in total. The molecule has 5 rings (SSSR count). The largest absolute Gasteiger partial charge is 0.367 e. The third-order valence-electron chi connectivity index (χ3n) is 5.95. The molecule has 0 atom stereocenters. The summed E-state index contributed by atoms with van der Waals surface area (Å²) in [5, 5.41) is 0. The fraction of sp³-hybridized carbons (Fsp3) is 0.280. The molecule has 7 nitrogen and oxygen atoms in total. The molecule has 0 unspecified atom stereocenters. The lowest BCUT2D eigenvalue weighted by Gasteiger charge is -2.17. The average Bonchev–Trinajstić information content (AvgIpc) is 3.34. The van der Waals surface area contributed by atoms with Crippen LogP contribution < -0.4 is 15.9 Å². The maximum Gasteiger partial charge on any atom is 0.250 e. The minimum Gasteiger partial charge on any atom is -0.367 e. The lowest BCUT2D eigenvalue weighted by Crippen LogP contribution is -2.25. The quantitative estimate of drug-likeness (QED) is 0.532. The van der Waals surface area contributed by atoms with Gasteiger partial charge in [-0.1, -0.05) is 30.3 Å². The van der Waals surface area contributed by atoms with Crippen LogP contribution in [0.15, 0.2) is 64.4 Å². The van der Waals surface area contributed by atoms with Gasteiger partial charge in [-0.3, -0.25) is 9.59 Å². The van der Waals surface area contributed by atoms with E-state index in [2.05, 4.69) is 9.88 Å². The monoisotopic (exact) mass is 427 g/mol. The minimum absolute atomic E-state index is 0.00112. The molecule has 3 aromatic heterocycles. The Morgan fingerprint density at radius 2 is 1.62 bits per heavy atom. The SMILES string of the molecule is CC(C)n1cc(-c2nc3c(=O)c(N4CCCC4)c[nH]c3nc2-c2ccccc2)ccc1=O. The zero-order chi connectivity index (χ0) is 22.2. The van der Waals surface area contributed by atoms with Crippen LogP contribution in [-0.4, -0.2) is 32.6 Å². The second-order valence-electron chi connectivity index (χ2n) is 8.44. The van der Waals surface area contributed by atoms with Gasteiger partial charge in [0.05, 0.1) is 11.4 Å². The van der Waals surface area contributed by atoms with Gasteiger partial charge in [0, 0.05) is 48.7 Å². The fourth-order valence-electron chi connectivity index (χ4n) is 4.26. The number of nitrogens with one attached hydrogen (secondary N) is 1. The van der Waals surface area contributed by atoms with Crippen molar-refractivity contribution >= 4 is 16.9 Å². The number of aromatic amines is 1. The number of hydrogen-bond acceptors (Lipinski definition) is 5. The maximum atomic E-state index is 13.4. The highest BCUT2D eigenvalue weighted by molar-refractivity contribution is 5.85. The van der Waals surface area contributed by atoms with Crippen LogP contribution >= 0.6 is 0 Å². The molecule has 0 spiro atoms. The zero-order valence-corrected chi connectivity index (χ0v) is 18.2. The number of rotatable bonds is 4. The van der Waals surface area contributed by atoms with Crippen molar-refractivity contribution in [1.82, 2.24) is 19.5 Å². The molecular weight excluding hydrogens is 402 g/mol. The van der Waals surface area contributed by atoms with Gasteiger partial charge in [0.25, 0.3) is 5.56 Å². The van der Waals surface area contributed by atoms with Gasteiger partial charge in [-0.25, -0.2) is 9.97 Å². The van der Waals surface area contributed by atoms with Crippen LogP contribution in [0.1, 0.15) is 32.7 Å². The van der Waals surface area contributed by atoms with E-state index in [1.807, 2.05) is 44.2 Å². The van der Waals surface area contributed by atoms with Gasteiger partial charge >= 0.3 is 0 Å². The summed E-state index contributed by atoms with van der Waals surface area (Å²) < 4.78 is 1.67. The van der Waals surface area contributed by atoms with Crippen molar-refractivity contribution in [3.8, 4) is 22.5 Å². The molecule has 0 amide bonds. The second kappa shape index (κ2) is 8.07. The molecule has 0 aliphatic carbocycles. The Labute approximate surface area is 185 Å².